The number of cyclic esters (lactones) is 1. The number of hydrogen-bond donors (Lipinski definition) is 0. The number of methoxy groups -OCH3 is 1. The smallest absolute Gasteiger partial charge is 0.337 e. The van der Waals surface area contributed by atoms with Gasteiger partial charge >= 0.3 is 11.9 Å². The van der Waals surface area contributed by atoms with Crippen molar-refractivity contribution in [1.82, 2.24) is 0 Å². The highest BCUT2D eigenvalue weighted by molar-refractivity contribution is 5.96. The van der Waals surface area contributed by atoms with Crippen LogP contribution in [0.2, 0.25) is 0 Å². The molecule has 0 aromatic rings. The van der Waals surface area contributed by atoms with Crippen molar-refractivity contribution in [3.63, 3.8) is 0 Å². The molecule has 2 rings (SSSR count). The Morgan fingerprint density at radius 1 is 1.62 bits per heavy atom. The monoisotopic (exact) mass is 222 g/mol. The molecule has 5 nitrogen and oxygen atoms in total. The first-order valence-corrected chi connectivity index (χ1v) is 4.83. The van der Waals surface area contributed by atoms with Gasteiger partial charge in [-0.25, -0.2) is 4.79 Å². The maximum Gasteiger partial charge on any atom is 0.337 e. The molecule has 1 aliphatic carbocycles. The van der Waals surface area contributed by atoms with E-state index in [4.69, 9.17) is 4.74 Å². The minimum Gasteiger partial charge on any atom is -0.466 e. The van der Waals surface area contributed by atoms with Crippen LogP contribution >= 0.6 is 0 Å². The second-order valence-electron chi connectivity index (χ2n) is 3.64. The lowest BCUT2D eigenvalue weighted by Crippen LogP contribution is -2.31. The lowest BCUT2D eigenvalue weighted by molar-refractivity contribution is -0.146. The number of hydrogen-bond acceptors (Lipinski definition) is 5. The summed E-state index contributed by atoms with van der Waals surface area (Å²) in [5.41, 5.74) is 0.685. The molecule has 2 aliphatic rings. The average Bonchev–Trinajstić information content (AvgIpc) is 2.73. The molecule has 2 atom stereocenters. The fraction of sp³-hybridized carbons (Fsp3) is 0.364. The third-order valence-corrected chi connectivity index (χ3v) is 2.88. The molecule has 84 valence electrons. The topological polar surface area (TPSA) is 69.7 Å². The molecule has 0 bridgehead atoms. The zero-order chi connectivity index (χ0) is 11.7. The van der Waals surface area contributed by atoms with Crippen molar-refractivity contribution in [2.75, 3.05) is 7.11 Å². The number of esters is 2. The zero-order valence-electron chi connectivity index (χ0n) is 8.64. The van der Waals surface area contributed by atoms with Gasteiger partial charge in [0.1, 0.15) is 12.5 Å². The van der Waals surface area contributed by atoms with Gasteiger partial charge in [0.25, 0.3) is 0 Å². The molecule has 0 saturated carbocycles. The molecular weight excluding hydrogens is 212 g/mol. The maximum absolute atomic E-state index is 11.5. The predicted octanol–water partition coefficient (Wildman–Crippen LogP) is 0.361. The summed E-state index contributed by atoms with van der Waals surface area (Å²) in [6.07, 6.45) is 3.89. The van der Waals surface area contributed by atoms with Crippen molar-refractivity contribution in [3.05, 3.63) is 23.5 Å². The summed E-state index contributed by atoms with van der Waals surface area (Å²) in [5, 5.41) is 0. The Labute approximate surface area is 91.7 Å². The molecule has 16 heavy (non-hydrogen) atoms. The number of rotatable bonds is 2. The number of carbonyl (C=O) groups is 3. The van der Waals surface area contributed by atoms with E-state index in [2.05, 4.69) is 4.74 Å². The van der Waals surface area contributed by atoms with Crippen LogP contribution in [-0.2, 0) is 23.9 Å². The third kappa shape index (κ3) is 1.44. The van der Waals surface area contributed by atoms with Crippen LogP contribution in [0.25, 0.3) is 0 Å². The van der Waals surface area contributed by atoms with E-state index < -0.39 is 17.9 Å². The predicted molar refractivity (Wildman–Crippen MR) is 51.9 cm³/mol. The Hall–Kier alpha value is -1.91. The van der Waals surface area contributed by atoms with Gasteiger partial charge in [-0.3, -0.25) is 9.59 Å². The first kappa shape index (κ1) is 10.6. The maximum atomic E-state index is 11.5. The molecule has 0 saturated heterocycles. The van der Waals surface area contributed by atoms with E-state index in [0.29, 0.717) is 23.9 Å². The van der Waals surface area contributed by atoms with Crippen molar-refractivity contribution in [3.8, 4) is 0 Å². The Bertz CT molecular complexity index is 418. The lowest BCUT2D eigenvalue weighted by atomic mass is 9.84. The molecule has 0 fully saturated rings. The minimum atomic E-state index is -0.656. The molecule has 0 aromatic heterocycles. The number of allylic oxidation sites excluding steroid dienone is 1. The van der Waals surface area contributed by atoms with Gasteiger partial charge in [0.05, 0.1) is 18.6 Å². The summed E-state index contributed by atoms with van der Waals surface area (Å²) in [6.45, 7) is 0. The van der Waals surface area contributed by atoms with Gasteiger partial charge in [0.2, 0.25) is 0 Å². The Kier molecular flexibility index (Phi) is 2.60. The minimum absolute atomic E-state index is 0.306. The van der Waals surface area contributed by atoms with Crippen LogP contribution in [0.1, 0.15) is 6.42 Å². The number of ether oxygens (including phenoxy) is 2. The summed E-state index contributed by atoms with van der Waals surface area (Å²) in [7, 11) is 1.26. The van der Waals surface area contributed by atoms with E-state index in [1.165, 1.54) is 7.11 Å². The molecule has 1 heterocycles. The van der Waals surface area contributed by atoms with Crippen molar-refractivity contribution >= 4 is 18.2 Å². The van der Waals surface area contributed by atoms with Gasteiger partial charge in [-0.05, 0) is 6.42 Å². The van der Waals surface area contributed by atoms with Gasteiger partial charge in [-0.1, -0.05) is 6.08 Å². The fourth-order valence-electron chi connectivity index (χ4n) is 2.09. The van der Waals surface area contributed by atoms with Crippen LogP contribution in [-0.4, -0.2) is 25.3 Å². The Morgan fingerprint density at radius 3 is 3.00 bits per heavy atom. The van der Waals surface area contributed by atoms with Crippen LogP contribution in [0.3, 0.4) is 0 Å². The number of fused-ring (bicyclic) bond motifs is 1. The molecule has 0 amide bonds. The molecule has 0 unspecified atom stereocenters. The normalized spacial score (nSPS) is 27.4. The summed E-state index contributed by atoms with van der Waals surface area (Å²) in [6, 6.07) is 0. The van der Waals surface area contributed by atoms with E-state index in [9.17, 15) is 14.4 Å². The third-order valence-electron chi connectivity index (χ3n) is 2.88. The van der Waals surface area contributed by atoms with Crippen LogP contribution in [0.4, 0.5) is 0 Å². The fourth-order valence-corrected chi connectivity index (χ4v) is 2.09. The van der Waals surface area contributed by atoms with Gasteiger partial charge in [0, 0.05) is 11.5 Å². The molecule has 1 aliphatic heterocycles. The van der Waals surface area contributed by atoms with Crippen LogP contribution in [0.15, 0.2) is 23.5 Å². The van der Waals surface area contributed by atoms with Gasteiger partial charge in [-0.15, -0.1) is 0 Å². The SMILES string of the molecule is COC(=O)C1=COC(=O)[C@@H]2C(C=O)=CC[C@H]12. The summed E-state index contributed by atoms with van der Waals surface area (Å²) < 4.78 is 9.35. The van der Waals surface area contributed by atoms with Crippen LogP contribution < -0.4 is 0 Å². The van der Waals surface area contributed by atoms with E-state index in [1.807, 2.05) is 0 Å². The van der Waals surface area contributed by atoms with E-state index >= 15 is 0 Å². The first-order chi connectivity index (χ1) is 7.69. The molecule has 0 spiro atoms. The van der Waals surface area contributed by atoms with Crippen molar-refractivity contribution in [2.45, 2.75) is 6.42 Å². The van der Waals surface area contributed by atoms with Gasteiger partial charge in [0.15, 0.2) is 0 Å². The molecule has 5 heteroatoms. The van der Waals surface area contributed by atoms with Crippen molar-refractivity contribution in [1.29, 1.82) is 0 Å². The summed E-state index contributed by atoms with van der Waals surface area (Å²) in [4.78, 5) is 33.6. The Morgan fingerprint density at radius 2 is 2.38 bits per heavy atom. The first-order valence-electron chi connectivity index (χ1n) is 4.83. The van der Waals surface area contributed by atoms with Crippen LogP contribution in [0, 0.1) is 11.8 Å². The highest BCUT2D eigenvalue weighted by Crippen LogP contribution is 2.39. The van der Waals surface area contributed by atoms with Gasteiger partial charge in [-0.2, -0.15) is 0 Å². The van der Waals surface area contributed by atoms with E-state index in [1.54, 1.807) is 6.08 Å². The summed E-state index contributed by atoms with van der Waals surface area (Å²) in [5.74, 6) is -2.00. The second kappa shape index (κ2) is 3.92. The van der Waals surface area contributed by atoms with E-state index in [0.717, 1.165) is 6.26 Å². The lowest BCUT2D eigenvalue weighted by Gasteiger charge is -2.24. The Balaban J connectivity index is 2.33. The second-order valence-corrected chi connectivity index (χ2v) is 3.64. The van der Waals surface area contributed by atoms with E-state index in [-0.39, 0.29) is 5.92 Å². The molecule has 0 N–H and O–H groups in total. The highest BCUT2D eigenvalue weighted by atomic mass is 16.5. The summed E-state index contributed by atoms with van der Waals surface area (Å²) >= 11 is 0. The van der Waals surface area contributed by atoms with Crippen molar-refractivity contribution in [2.24, 2.45) is 11.8 Å². The standard InChI is InChI=1S/C11H10O5/c1-15-10(13)8-5-16-11(14)9-6(4-12)2-3-7(8)9/h2,4-5,7,9H,3H2,1H3/t7-,9-/m1/s1. The molecule has 0 aromatic carbocycles. The number of carbonyl (C=O) groups excluding carboxylic acids is 3. The van der Waals surface area contributed by atoms with Gasteiger partial charge < -0.3 is 9.47 Å². The molecular formula is C11H10O5. The quantitative estimate of drug-likeness (QED) is 0.498. The largest absolute Gasteiger partial charge is 0.466 e. The van der Waals surface area contributed by atoms with Crippen LogP contribution in [0.5, 0.6) is 0 Å². The molecule has 0 radical (unpaired) electrons. The highest BCUT2D eigenvalue weighted by Gasteiger charge is 2.43. The zero-order valence-corrected chi connectivity index (χ0v) is 8.64. The average molecular weight is 222 g/mol. The number of aldehydes is 1. The van der Waals surface area contributed by atoms with Crippen molar-refractivity contribution < 1.29 is 23.9 Å².